The normalized spacial score (nSPS) is 9.83. The summed E-state index contributed by atoms with van der Waals surface area (Å²) in [7, 11) is 0. The maximum Gasteiger partial charge on any atom is 0.0991 e. The van der Waals surface area contributed by atoms with Gasteiger partial charge in [-0.3, -0.25) is 0 Å². The Morgan fingerprint density at radius 2 is 1.78 bits per heavy atom. The summed E-state index contributed by atoms with van der Waals surface area (Å²) < 4.78 is 0. The van der Waals surface area contributed by atoms with Crippen LogP contribution in [-0.2, 0) is 6.54 Å². The molecular formula is C14H10Cl2N2. The molecule has 2 rings (SSSR count). The second-order valence-corrected chi connectivity index (χ2v) is 4.62. The van der Waals surface area contributed by atoms with Crippen molar-refractivity contribution in [2.75, 3.05) is 5.32 Å². The molecule has 0 spiro atoms. The highest BCUT2D eigenvalue weighted by molar-refractivity contribution is 6.35. The number of anilines is 1. The van der Waals surface area contributed by atoms with Gasteiger partial charge in [0.05, 0.1) is 11.6 Å². The van der Waals surface area contributed by atoms with Crippen molar-refractivity contribution in [3.8, 4) is 6.07 Å². The van der Waals surface area contributed by atoms with E-state index in [1.165, 1.54) is 0 Å². The summed E-state index contributed by atoms with van der Waals surface area (Å²) in [4.78, 5) is 0. The van der Waals surface area contributed by atoms with E-state index in [9.17, 15) is 0 Å². The highest BCUT2D eigenvalue weighted by Gasteiger charge is 2.01. The Bertz CT molecular complexity index is 586. The number of benzene rings is 2. The fourth-order valence-corrected chi connectivity index (χ4v) is 2.00. The maximum absolute atomic E-state index is 8.70. The molecule has 2 aromatic rings. The van der Waals surface area contributed by atoms with Crippen molar-refractivity contribution in [3.05, 3.63) is 63.6 Å². The molecule has 0 saturated carbocycles. The van der Waals surface area contributed by atoms with Crippen molar-refractivity contribution < 1.29 is 0 Å². The van der Waals surface area contributed by atoms with Crippen molar-refractivity contribution in [2.45, 2.75) is 6.54 Å². The summed E-state index contributed by atoms with van der Waals surface area (Å²) in [6.45, 7) is 0.613. The van der Waals surface area contributed by atoms with Gasteiger partial charge in [-0.05, 0) is 42.0 Å². The van der Waals surface area contributed by atoms with Crippen LogP contribution in [0, 0.1) is 11.3 Å². The smallest absolute Gasteiger partial charge is 0.0991 e. The molecule has 18 heavy (non-hydrogen) atoms. The predicted molar refractivity (Wildman–Crippen MR) is 74.9 cm³/mol. The summed E-state index contributed by atoms with van der Waals surface area (Å²) in [6.07, 6.45) is 0. The van der Waals surface area contributed by atoms with E-state index < -0.39 is 0 Å². The van der Waals surface area contributed by atoms with Gasteiger partial charge in [0.1, 0.15) is 0 Å². The standard InChI is InChI=1S/C14H10Cl2N2/c15-12-4-3-11(14(16)7-12)9-18-13-5-1-10(8-17)2-6-13/h1-7,18H,9H2. The number of nitriles is 1. The minimum absolute atomic E-state index is 0.613. The third-order valence-electron chi connectivity index (χ3n) is 2.51. The van der Waals surface area contributed by atoms with Gasteiger partial charge in [0.2, 0.25) is 0 Å². The van der Waals surface area contributed by atoms with Gasteiger partial charge in [0.15, 0.2) is 0 Å². The minimum atomic E-state index is 0.613. The van der Waals surface area contributed by atoms with Crippen LogP contribution in [0.3, 0.4) is 0 Å². The van der Waals surface area contributed by atoms with E-state index in [4.69, 9.17) is 28.5 Å². The lowest BCUT2D eigenvalue weighted by Crippen LogP contribution is -1.99. The number of hydrogen-bond acceptors (Lipinski definition) is 2. The highest BCUT2D eigenvalue weighted by Crippen LogP contribution is 2.22. The molecular weight excluding hydrogens is 267 g/mol. The summed E-state index contributed by atoms with van der Waals surface area (Å²) in [6, 6.07) is 14.8. The Hall–Kier alpha value is -1.69. The van der Waals surface area contributed by atoms with Crippen LogP contribution in [0.5, 0.6) is 0 Å². The summed E-state index contributed by atoms with van der Waals surface area (Å²) in [5.41, 5.74) is 2.57. The lowest BCUT2D eigenvalue weighted by Gasteiger charge is -2.08. The first kappa shape index (κ1) is 12.8. The van der Waals surface area contributed by atoms with Gasteiger partial charge in [-0.25, -0.2) is 0 Å². The van der Waals surface area contributed by atoms with Gasteiger partial charge in [0.25, 0.3) is 0 Å². The monoisotopic (exact) mass is 276 g/mol. The fourth-order valence-electron chi connectivity index (χ4n) is 1.52. The van der Waals surface area contributed by atoms with Crippen LogP contribution in [0.15, 0.2) is 42.5 Å². The van der Waals surface area contributed by atoms with Gasteiger partial charge in [0, 0.05) is 22.3 Å². The third kappa shape index (κ3) is 3.16. The van der Waals surface area contributed by atoms with E-state index in [0.717, 1.165) is 11.3 Å². The quantitative estimate of drug-likeness (QED) is 0.898. The Kier molecular flexibility index (Phi) is 4.09. The first-order valence-corrected chi connectivity index (χ1v) is 6.12. The molecule has 0 amide bonds. The van der Waals surface area contributed by atoms with E-state index in [2.05, 4.69) is 11.4 Å². The topological polar surface area (TPSA) is 35.8 Å². The van der Waals surface area contributed by atoms with Gasteiger partial charge in [-0.1, -0.05) is 29.3 Å². The van der Waals surface area contributed by atoms with Gasteiger partial charge < -0.3 is 5.32 Å². The molecule has 4 heteroatoms. The molecule has 1 N–H and O–H groups in total. The molecule has 0 atom stereocenters. The van der Waals surface area contributed by atoms with Gasteiger partial charge in [-0.2, -0.15) is 5.26 Å². The van der Waals surface area contributed by atoms with E-state index >= 15 is 0 Å². The lowest BCUT2D eigenvalue weighted by molar-refractivity contribution is 1.15. The van der Waals surface area contributed by atoms with Crippen LogP contribution in [0.1, 0.15) is 11.1 Å². The van der Waals surface area contributed by atoms with Gasteiger partial charge in [-0.15, -0.1) is 0 Å². The zero-order chi connectivity index (χ0) is 13.0. The molecule has 90 valence electrons. The van der Waals surface area contributed by atoms with Crippen molar-refractivity contribution >= 4 is 28.9 Å². The molecule has 0 bridgehead atoms. The van der Waals surface area contributed by atoms with Crippen LogP contribution >= 0.6 is 23.2 Å². The van der Waals surface area contributed by atoms with Crippen LogP contribution < -0.4 is 5.32 Å². The number of hydrogen-bond donors (Lipinski definition) is 1. The zero-order valence-electron chi connectivity index (χ0n) is 9.45. The number of rotatable bonds is 3. The average Bonchev–Trinajstić information content (AvgIpc) is 2.38. The number of nitrogens with one attached hydrogen (secondary N) is 1. The number of nitrogens with zero attached hydrogens (tertiary/aromatic N) is 1. The highest BCUT2D eigenvalue weighted by atomic mass is 35.5. The molecule has 0 heterocycles. The molecule has 0 aliphatic rings. The molecule has 2 nitrogen and oxygen atoms in total. The lowest BCUT2D eigenvalue weighted by atomic mass is 10.2. The Balaban J connectivity index is 2.04. The van der Waals surface area contributed by atoms with E-state index in [1.807, 2.05) is 24.3 Å². The first-order valence-electron chi connectivity index (χ1n) is 5.37. The summed E-state index contributed by atoms with van der Waals surface area (Å²) in [5, 5.41) is 13.2. The van der Waals surface area contributed by atoms with Crippen LogP contribution in [0.4, 0.5) is 5.69 Å². The largest absolute Gasteiger partial charge is 0.381 e. The zero-order valence-corrected chi connectivity index (χ0v) is 11.0. The van der Waals surface area contributed by atoms with Crippen LogP contribution in [0.2, 0.25) is 10.0 Å². The Morgan fingerprint density at radius 1 is 1.06 bits per heavy atom. The molecule has 0 aromatic heterocycles. The summed E-state index contributed by atoms with van der Waals surface area (Å²) >= 11 is 11.9. The van der Waals surface area contributed by atoms with Crippen molar-refractivity contribution in [1.82, 2.24) is 0 Å². The van der Waals surface area contributed by atoms with E-state index in [1.54, 1.807) is 18.2 Å². The number of halogens is 2. The van der Waals surface area contributed by atoms with Crippen molar-refractivity contribution in [1.29, 1.82) is 5.26 Å². The molecule has 0 aliphatic heterocycles. The minimum Gasteiger partial charge on any atom is -0.381 e. The second-order valence-electron chi connectivity index (χ2n) is 3.78. The molecule has 0 fully saturated rings. The fraction of sp³-hybridized carbons (Fsp3) is 0.0714. The SMILES string of the molecule is N#Cc1ccc(NCc2ccc(Cl)cc2Cl)cc1. The van der Waals surface area contributed by atoms with Crippen LogP contribution in [0.25, 0.3) is 0 Å². The summed E-state index contributed by atoms with van der Waals surface area (Å²) in [5.74, 6) is 0. The first-order chi connectivity index (χ1) is 8.69. The van der Waals surface area contributed by atoms with E-state index in [0.29, 0.717) is 22.2 Å². The predicted octanol–water partition coefficient (Wildman–Crippen LogP) is 4.48. The maximum atomic E-state index is 8.70. The Labute approximate surface area is 116 Å². The van der Waals surface area contributed by atoms with E-state index in [-0.39, 0.29) is 0 Å². The molecule has 2 aromatic carbocycles. The van der Waals surface area contributed by atoms with Gasteiger partial charge >= 0.3 is 0 Å². The second kappa shape index (κ2) is 5.77. The van der Waals surface area contributed by atoms with Crippen LogP contribution in [-0.4, -0.2) is 0 Å². The molecule has 0 saturated heterocycles. The average molecular weight is 277 g/mol. The van der Waals surface area contributed by atoms with Crippen molar-refractivity contribution in [3.63, 3.8) is 0 Å². The molecule has 0 radical (unpaired) electrons. The third-order valence-corrected chi connectivity index (χ3v) is 3.10. The van der Waals surface area contributed by atoms with Crippen molar-refractivity contribution in [2.24, 2.45) is 0 Å². The molecule has 0 aliphatic carbocycles. The Morgan fingerprint density at radius 3 is 2.39 bits per heavy atom. The molecule has 0 unspecified atom stereocenters.